The maximum Gasteiger partial charge on any atom is 0.350 e. The molecule has 0 unspecified atom stereocenters. The van der Waals surface area contributed by atoms with E-state index in [4.69, 9.17) is 4.74 Å². The summed E-state index contributed by atoms with van der Waals surface area (Å²) in [5, 5.41) is 10.8. The second kappa shape index (κ2) is 8.34. The molecule has 9 heteroatoms. The van der Waals surface area contributed by atoms with Crippen LogP contribution >= 0.6 is 11.3 Å². The molecule has 0 atom stereocenters. The molecule has 1 amide bonds. The number of non-ortho nitro benzene ring substituents is 1. The number of thiazole rings is 1. The first-order valence-corrected chi connectivity index (χ1v) is 8.50. The summed E-state index contributed by atoms with van der Waals surface area (Å²) in [4.78, 5) is 38.9. The van der Waals surface area contributed by atoms with Gasteiger partial charge in [0.2, 0.25) is 0 Å². The van der Waals surface area contributed by atoms with E-state index in [1.54, 1.807) is 31.5 Å². The van der Waals surface area contributed by atoms with Gasteiger partial charge in [-0.2, -0.15) is 4.99 Å². The summed E-state index contributed by atoms with van der Waals surface area (Å²) in [5.74, 6) is -0.990. The van der Waals surface area contributed by atoms with E-state index in [1.807, 2.05) is 0 Å². The zero-order chi connectivity index (χ0) is 19.3. The van der Waals surface area contributed by atoms with Crippen LogP contribution < -0.4 is 4.80 Å². The molecule has 0 saturated heterocycles. The highest BCUT2D eigenvalue weighted by Gasteiger charge is 2.16. The van der Waals surface area contributed by atoms with Gasteiger partial charge in [-0.1, -0.05) is 23.5 Å². The van der Waals surface area contributed by atoms with E-state index >= 15 is 0 Å². The molecule has 0 bridgehead atoms. The molecule has 26 heavy (non-hydrogen) atoms. The van der Waals surface area contributed by atoms with Gasteiger partial charge in [0.05, 0.1) is 11.5 Å². The van der Waals surface area contributed by atoms with Gasteiger partial charge < -0.3 is 9.30 Å². The first-order valence-electron chi connectivity index (χ1n) is 7.68. The largest absolute Gasteiger partial charge is 0.462 e. The third kappa shape index (κ3) is 4.51. The lowest BCUT2D eigenvalue weighted by Gasteiger charge is -2.00. The molecule has 8 nitrogen and oxygen atoms in total. The van der Waals surface area contributed by atoms with Crippen LogP contribution in [0, 0.1) is 17.0 Å². The Morgan fingerprint density at radius 1 is 1.42 bits per heavy atom. The quantitative estimate of drug-likeness (QED) is 0.346. The van der Waals surface area contributed by atoms with Crippen LogP contribution in [0.1, 0.15) is 27.9 Å². The van der Waals surface area contributed by atoms with E-state index in [0.717, 1.165) is 11.3 Å². The summed E-state index contributed by atoms with van der Waals surface area (Å²) in [6.07, 6.45) is 2.67. The van der Waals surface area contributed by atoms with Crippen LogP contribution in [0.15, 0.2) is 35.3 Å². The normalized spacial score (nSPS) is 11.7. The van der Waals surface area contributed by atoms with Crippen LogP contribution in [0.3, 0.4) is 0 Å². The van der Waals surface area contributed by atoms with Crippen LogP contribution in [0.2, 0.25) is 0 Å². The standard InChI is InChI=1S/C17H17N3O5S/c1-4-25-16(22)15-11(2)19(3)17(26-15)18-14(21)9-8-12-6-5-7-13(10-12)20(23)24/h5-10H,4H2,1-3H3/b9-8-,18-17?. The summed E-state index contributed by atoms with van der Waals surface area (Å²) in [6, 6.07) is 5.91. The van der Waals surface area contributed by atoms with Crippen molar-refractivity contribution in [1.29, 1.82) is 0 Å². The Balaban J connectivity index is 2.26. The lowest BCUT2D eigenvalue weighted by Crippen LogP contribution is -2.13. The zero-order valence-corrected chi connectivity index (χ0v) is 15.3. The number of carbonyl (C=O) groups is 2. The molecule has 0 spiro atoms. The fraction of sp³-hybridized carbons (Fsp3) is 0.235. The third-order valence-electron chi connectivity index (χ3n) is 3.48. The molecule has 0 aliphatic heterocycles. The Morgan fingerprint density at radius 2 is 2.15 bits per heavy atom. The first-order chi connectivity index (χ1) is 12.3. The number of nitro benzene ring substituents is 1. The van der Waals surface area contributed by atoms with Gasteiger partial charge in [-0.15, -0.1) is 0 Å². The average molecular weight is 375 g/mol. The van der Waals surface area contributed by atoms with Gasteiger partial charge in [-0.3, -0.25) is 14.9 Å². The summed E-state index contributed by atoms with van der Waals surface area (Å²) in [5.41, 5.74) is 1.11. The number of carbonyl (C=O) groups excluding carboxylic acids is 2. The van der Waals surface area contributed by atoms with Crippen molar-refractivity contribution < 1.29 is 19.2 Å². The van der Waals surface area contributed by atoms with Crippen LogP contribution in [-0.4, -0.2) is 28.0 Å². The number of hydrogen-bond acceptors (Lipinski definition) is 6. The number of benzene rings is 1. The molecule has 1 heterocycles. The van der Waals surface area contributed by atoms with E-state index in [2.05, 4.69) is 4.99 Å². The van der Waals surface area contributed by atoms with Crippen LogP contribution in [0.25, 0.3) is 6.08 Å². The number of amides is 1. The molecular weight excluding hydrogens is 358 g/mol. The molecule has 2 aromatic rings. The predicted octanol–water partition coefficient (Wildman–Crippen LogP) is 2.62. The number of nitro groups is 1. The van der Waals surface area contributed by atoms with E-state index in [9.17, 15) is 19.7 Å². The SMILES string of the molecule is CCOC(=O)c1sc(=NC(=O)/C=C\c2cccc([N+](=O)[O-])c2)n(C)c1C. The van der Waals surface area contributed by atoms with Gasteiger partial charge in [0.1, 0.15) is 4.88 Å². The smallest absolute Gasteiger partial charge is 0.350 e. The van der Waals surface area contributed by atoms with Crippen LogP contribution in [0.4, 0.5) is 5.69 Å². The van der Waals surface area contributed by atoms with Gasteiger partial charge in [0.25, 0.3) is 11.6 Å². The Labute approximate surface area is 153 Å². The zero-order valence-electron chi connectivity index (χ0n) is 14.5. The van der Waals surface area contributed by atoms with Crippen molar-refractivity contribution in [2.24, 2.45) is 12.0 Å². The van der Waals surface area contributed by atoms with Gasteiger partial charge in [0, 0.05) is 31.0 Å². The number of hydrogen-bond donors (Lipinski definition) is 0. The average Bonchev–Trinajstić information content (AvgIpc) is 2.89. The van der Waals surface area contributed by atoms with Gasteiger partial charge in [-0.05, 0) is 25.5 Å². The van der Waals surface area contributed by atoms with E-state index < -0.39 is 16.8 Å². The summed E-state index contributed by atoms with van der Waals surface area (Å²) in [7, 11) is 1.70. The Hall–Kier alpha value is -3.07. The number of ether oxygens (including phenoxy) is 1. The van der Waals surface area contributed by atoms with E-state index in [-0.39, 0.29) is 12.3 Å². The van der Waals surface area contributed by atoms with Crippen molar-refractivity contribution in [3.05, 3.63) is 61.4 Å². The van der Waals surface area contributed by atoms with Crippen molar-refractivity contribution in [2.75, 3.05) is 6.61 Å². The minimum absolute atomic E-state index is 0.0594. The minimum Gasteiger partial charge on any atom is -0.462 e. The molecule has 0 N–H and O–H groups in total. The van der Waals surface area contributed by atoms with Crippen molar-refractivity contribution in [2.45, 2.75) is 13.8 Å². The highest BCUT2D eigenvalue weighted by Crippen LogP contribution is 2.14. The number of aromatic nitrogens is 1. The lowest BCUT2D eigenvalue weighted by atomic mass is 10.2. The van der Waals surface area contributed by atoms with Gasteiger partial charge in [0.15, 0.2) is 4.80 Å². The van der Waals surface area contributed by atoms with Crippen molar-refractivity contribution in [3.63, 3.8) is 0 Å². The molecule has 136 valence electrons. The lowest BCUT2D eigenvalue weighted by molar-refractivity contribution is -0.384. The Kier molecular flexibility index (Phi) is 6.18. The van der Waals surface area contributed by atoms with Gasteiger partial charge in [-0.25, -0.2) is 4.79 Å². The number of esters is 1. The summed E-state index contributed by atoms with van der Waals surface area (Å²) >= 11 is 1.07. The molecule has 0 radical (unpaired) electrons. The topological polar surface area (TPSA) is 104 Å². The Bertz CT molecular complexity index is 956. The van der Waals surface area contributed by atoms with Crippen LogP contribution in [0.5, 0.6) is 0 Å². The highest BCUT2D eigenvalue weighted by molar-refractivity contribution is 7.11. The van der Waals surface area contributed by atoms with Crippen molar-refractivity contribution in [1.82, 2.24) is 4.57 Å². The fourth-order valence-corrected chi connectivity index (χ4v) is 3.07. The molecule has 0 fully saturated rings. The molecule has 0 saturated carbocycles. The first kappa shape index (κ1) is 19.3. The second-order valence-corrected chi connectivity index (χ2v) is 6.19. The molecule has 2 rings (SSSR count). The highest BCUT2D eigenvalue weighted by atomic mass is 32.1. The summed E-state index contributed by atoms with van der Waals surface area (Å²) in [6.45, 7) is 3.72. The molecule has 0 aliphatic carbocycles. The number of nitrogens with zero attached hydrogens (tertiary/aromatic N) is 3. The van der Waals surface area contributed by atoms with E-state index in [1.165, 1.54) is 30.4 Å². The number of rotatable bonds is 5. The second-order valence-electron chi connectivity index (χ2n) is 5.21. The monoisotopic (exact) mass is 375 g/mol. The fourth-order valence-electron chi connectivity index (χ4n) is 2.05. The van der Waals surface area contributed by atoms with Crippen molar-refractivity contribution >= 4 is 35.0 Å². The molecular formula is C17H17N3O5S. The maximum absolute atomic E-state index is 12.1. The maximum atomic E-state index is 12.1. The van der Waals surface area contributed by atoms with Crippen LogP contribution in [-0.2, 0) is 16.6 Å². The Morgan fingerprint density at radius 3 is 2.81 bits per heavy atom. The predicted molar refractivity (Wildman–Crippen MR) is 96.7 cm³/mol. The summed E-state index contributed by atoms with van der Waals surface area (Å²) < 4.78 is 6.62. The molecule has 0 aliphatic rings. The molecule has 1 aromatic heterocycles. The van der Waals surface area contributed by atoms with Crippen molar-refractivity contribution in [3.8, 4) is 0 Å². The molecule has 1 aromatic carbocycles. The van der Waals surface area contributed by atoms with Gasteiger partial charge >= 0.3 is 5.97 Å². The minimum atomic E-state index is -0.538. The van der Waals surface area contributed by atoms with E-state index in [0.29, 0.717) is 20.9 Å². The third-order valence-corrected chi connectivity index (χ3v) is 4.69.